The molecular formula is C10H18N2O. The maximum Gasteiger partial charge on any atom is 0.243 e. The van der Waals surface area contributed by atoms with Gasteiger partial charge in [0.05, 0.1) is 0 Å². The highest BCUT2D eigenvalue weighted by Gasteiger charge is 2.12. The average molecular weight is 182 g/mol. The standard InChI is InChI=1S/C10H18N2O/c1-12(2)9-6-4-3-5-7-10(13)11-8-9/h5,7,9H,3-4,6,8H2,1-2H3,(H,11,13)/b7-5-/t9-/m0/s1. The van der Waals surface area contributed by atoms with Crippen LogP contribution < -0.4 is 5.32 Å². The minimum Gasteiger partial charge on any atom is -0.351 e. The van der Waals surface area contributed by atoms with Crippen LogP contribution >= 0.6 is 0 Å². The Morgan fingerprint density at radius 3 is 3.00 bits per heavy atom. The fourth-order valence-electron chi connectivity index (χ4n) is 1.48. The van der Waals surface area contributed by atoms with Crippen molar-refractivity contribution in [3.8, 4) is 0 Å². The molecule has 0 fully saturated rings. The Morgan fingerprint density at radius 2 is 2.31 bits per heavy atom. The lowest BCUT2D eigenvalue weighted by Crippen LogP contribution is -2.39. The molecule has 0 radical (unpaired) electrons. The normalized spacial score (nSPS) is 27.3. The zero-order valence-electron chi connectivity index (χ0n) is 8.42. The number of hydrogen-bond acceptors (Lipinski definition) is 2. The van der Waals surface area contributed by atoms with Crippen LogP contribution in [0.25, 0.3) is 0 Å². The molecule has 1 aliphatic rings. The first-order valence-electron chi connectivity index (χ1n) is 4.81. The number of rotatable bonds is 1. The van der Waals surface area contributed by atoms with Gasteiger partial charge in [0, 0.05) is 12.6 Å². The smallest absolute Gasteiger partial charge is 0.243 e. The lowest BCUT2D eigenvalue weighted by Gasteiger charge is -2.23. The molecule has 1 amide bonds. The first kappa shape index (κ1) is 10.3. The maximum atomic E-state index is 11.1. The van der Waals surface area contributed by atoms with E-state index in [9.17, 15) is 4.79 Å². The molecular weight excluding hydrogens is 164 g/mol. The van der Waals surface area contributed by atoms with Crippen LogP contribution in [0.1, 0.15) is 19.3 Å². The number of allylic oxidation sites excluding steroid dienone is 1. The molecule has 1 aliphatic heterocycles. The van der Waals surface area contributed by atoms with Crippen molar-refractivity contribution in [3.05, 3.63) is 12.2 Å². The van der Waals surface area contributed by atoms with Crippen molar-refractivity contribution in [1.29, 1.82) is 0 Å². The van der Waals surface area contributed by atoms with Gasteiger partial charge in [0.1, 0.15) is 0 Å². The molecule has 13 heavy (non-hydrogen) atoms. The molecule has 0 saturated heterocycles. The number of likely N-dealkylation sites (N-methyl/N-ethyl adjacent to an activating group) is 1. The number of carbonyl (C=O) groups is 1. The quantitative estimate of drug-likeness (QED) is 0.649. The van der Waals surface area contributed by atoms with Crippen molar-refractivity contribution in [2.75, 3.05) is 20.6 Å². The van der Waals surface area contributed by atoms with E-state index in [2.05, 4.69) is 24.3 Å². The molecule has 74 valence electrons. The summed E-state index contributed by atoms with van der Waals surface area (Å²) in [5, 5.41) is 2.89. The second kappa shape index (κ2) is 5.02. The fraction of sp³-hybridized carbons (Fsp3) is 0.700. The van der Waals surface area contributed by atoms with E-state index in [4.69, 9.17) is 0 Å². The molecule has 0 aromatic heterocycles. The molecule has 0 aliphatic carbocycles. The Bertz CT molecular complexity index is 199. The summed E-state index contributed by atoms with van der Waals surface area (Å²) in [6.45, 7) is 0.760. The van der Waals surface area contributed by atoms with Crippen LogP contribution in [0.4, 0.5) is 0 Å². The van der Waals surface area contributed by atoms with Gasteiger partial charge in [0.2, 0.25) is 5.91 Å². The first-order valence-corrected chi connectivity index (χ1v) is 4.81. The van der Waals surface area contributed by atoms with Crippen LogP contribution in [0.15, 0.2) is 12.2 Å². The third-order valence-corrected chi connectivity index (χ3v) is 2.42. The predicted molar refractivity (Wildman–Crippen MR) is 53.5 cm³/mol. The van der Waals surface area contributed by atoms with Crippen LogP contribution in [-0.2, 0) is 4.79 Å². The molecule has 3 nitrogen and oxygen atoms in total. The lowest BCUT2D eigenvalue weighted by atomic mass is 10.1. The van der Waals surface area contributed by atoms with Gasteiger partial charge in [-0.25, -0.2) is 0 Å². The SMILES string of the molecule is CN(C)[C@H]1CCC/C=C\C(=O)NC1. The van der Waals surface area contributed by atoms with Crippen LogP contribution in [0.3, 0.4) is 0 Å². The second-order valence-electron chi connectivity index (χ2n) is 3.70. The van der Waals surface area contributed by atoms with E-state index < -0.39 is 0 Å². The second-order valence-corrected chi connectivity index (χ2v) is 3.70. The largest absolute Gasteiger partial charge is 0.351 e. The highest BCUT2D eigenvalue weighted by molar-refractivity contribution is 5.87. The minimum absolute atomic E-state index is 0.0359. The Kier molecular flexibility index (Phi) is 3.96. The van der Waals surface area contributed by atoms with Crippen molar-refractivity contribution < 1.29 is 4.79 Å². The Hall–Kier alpha value is -0.830. The van der Waals surface area contributed by atoms with Crippen LogP contribution in [0.2, 0.25) is 0 Å². The molecule has 0 aromatic rings. The number of carbonyl (C=O) groups excluding carboxylic acids is 1. The molecule has 3 heteroatoms. The topological polar surface area (TPSA) is 32.3 Å². The van der Waals surface area contributed by atoms with Crippen LogP contribution in [-0.4, -0.2) is 37.5 Å². The van der Waals surface area contributed by atoms with E-state index in [0.29, 0.717) is 6.04 Å². The summed E-state index contributed by atoms with van der Waals surface area (Å²) in [5.74, 6) is 0.0359. The van der Waals surface area contributed by atoms with Gasteiger partial charge in [-0.2, -0.15) is 0 Å². The Balaban J connectivity index is 2.48. The van der Waals surface area contributed by atoms with Gasteiger partial charge in [-0.15, -0.1) is 0 Å². The average Bonchev–Trinajstić information content (AvgIpc) is 2.17. The number of amides is 1. The molecule has 1 heterocycles. The maximum absolute atomic E-state index is 11.1. The van der Waals surface area contributed by atoms with Crippen LogP contribution in [0, 0.1) is 0 Å². The predicted octanol–water partition coefficient (Wildman–Crippen LogP) is 0.773. The highest BCUT2D eigenvalue weighted by atomic mass is 16.1. The summed E-state index contributed by atoms with van der Waals surface area (Å²) in [4.78, 5) is 13.3. The molecule has 0 unspecified atom stereocenters. The highest BCUT2D eigenvalue weighted by Crippen LogP contribution is 2.07. The van der Waals surface area contributed by atoms with Crippen LogP contribution in [0.5, 0.6) is 0 Å². The number of nitrogens with one attached hydrogen (secondary N) is 1. The number of hydrogen-bond donors (Lipinski definition) is 1. The van der Waals surface area contributed by atoms with Crippen molar-refractivity contribution in [1.82, 2.24) is 10.2 Å². The molecule has 0 bridgehead atoms. The zero-order chi connectivity index (χ0) is 9.68. The van der Waals surface area contributed by atoms with E-state index in [1.165, 1.54) is 0 Å². The van der Waals surface area contributed by atoms with Gasteiger partial charge in [-0.05, 0) is 39.4 Å². The van der Waals surface area contributed by atoms with Gasteiger partial charge >= 0.3 is 0 Å². The molecule has 1 N–H and O–H groups in total. The summed E-state index contributed by atoms with van der Waals surface area (Å²) < 4.78 is 0. The summed E-state index contributed by atoms with van der Waals surface area (Å²) in [6.07, 6.45) is 6.91. The minimum atomic E-state index is 0.0359. The third-order valence-electron chi connectivity index (χ3n) is 2.42. The monoisotopic (exact) mass is 182 g/mol. The van der Waals surface area contributed by atoms with Crippen molar-refractivity contribution in [2.24, 2.45) is 0 Å². The zero-order valence-corrected chi connectivity index (χ0v) is 8.42. The molecule has 0 saturated carbocycles. The summed E-state index contributed by atoms with van der Waals surface area (Å²) in [7, 11) is 4.12. The Labute approximate surface area is 79.8 Å². The Morgan fingerprint density at radius 1 is 1.54 bits per heavy atom. The van der Waals surface area contributed by atoms with Crippen molar-refractivity contribution >= 4 is 5.91 Å². The molecule has 1 atom stereocenters. The van der Waals surface area contributed by atoms with E-state index >= 15 is 0 Å². The van der Waals surface area contributed by atoms with E-state index in [1.807, 2.05) is 6.08 Å². The fourth-order valence-corrected chi connectivity index (χ4v) is 1.48. The molecule has 0 spiro atoms. The van der Waals surface area contributed by atoms with Gasteiger partial charge in [-0.3, -0.25) is 4.79 Å². The van der Waals surface area contributed by atoms with E-state index in [1.54, 1.807) is 6.08 Å². The van der Waals surface area contributed by atoms with E-state index in [-0.39, 0.29) is 5.91 Å². The molecule has 0 aromatic carbocycles. The van der Waals surface area contributed by atoms with Crippen molar-refractivity contribution in [2.45, 2.75) is 25.3 Å². The van der Waals surface area contributed by atoms with Gasteiger partial charge in [-0.1, -0.05) is 6.08 Å². The van der Waals surface area contributed by atoms with Gasteiger partial charge < -0.3 is 10.2 Å². The van der Waals surface area contributed by atoms with Crippen molar-refractivity contribution in [3.63, 3.8) is 0 Å². The summed E-state index contributed by atoms with van der Waals surface area (Å²) in [6, 6.07) is 0.476. The summed E-state index contributed by atoms with van der Waals surface area (Å²) in [5.41, 5.74) is 0. The summed E-state index contributed by atoms with van der Waals surface area (Å²) >= 11 is 0. The van der Waals surface area contributed by atoms with E-state index in [0.717, 1.165) is 25.8 Å². The lowest BCUT2D eigenvalue weighted by molar-refractivity contribution is -0.116. The third kappa shape index (κ3) is 3.59. The number of nitrogens with zero attached hydrogens (tertiary/aromatic N) is 1. The first-order chi connectivity index (χ1) is 6.20. The van der Waals surface area contributed by atoms with Gasteiger partial charge in [0.25, 0.3) is 0 Å². The molecule has 1 rings (SSSR count). The van der Waals surface area contributed by atoms with Gasteiger partial charge in [0.15, 0.2) is 0 Å².